The number of carbonyl (C=O) groups excluding carboxylic acids is 2. The van der Waals surface area contributed by atoms with Crippen LogP contribution in [0.5, 0.6) is 0 Å². The number of benzene rings is 2. The molecule has 1 aliphatic carbocycles. The Kier molecular flexibility index (Phi) is 6.16. The first kappa shape index (κ1) is 21.4. The van der Waals surface area contributed by atoms with Crippen molar-refractivity contribution in [2.24, 2.45) is 0 Å². The van der Waals surface area contributed by atoms with Crippen LogP contribution in [0.2, 0.25) is 0 Å². The van der Waals surface area contributed by atoms with E-state index in [4.69, 9.17) is 4.74 Å². The zero-order valence-electron chi connectivity index (χ0n) is 16.2. The van der Waals surface area contributed by atoms with Gasteiger partial charge in [-0.15, -0.1) is 0 Å². The molecule has 1 aliphatic rings. The van der Waals surface area contributed by atoms with Gasteiger partial charge in [-0.2, -0.15) is 0 Å². The van der Waals surface area contributed by atoms with E-state index >= 15 is 0 Å². The van der Waals surface area contributed by atoms with E-state index in [0.717, 1.165) is 49.3 Å². The van der Waals surface area contributed by atoms with Crippen LogP contribution in [0.1, 0.15) is 40.4 Å². The van der Waals surface area contributed by atoms with Gasteiger partial charge in [0.1, 0.15) is 4.90 Å². The van der Waals surface area contributed by atoms with Gasteiger partial charge in [0, 0.05) is 12.3 Å². The number of hydrogen-bond acceptors (Lipinski definition) is 7. The Morgan fingerprint density at radius 3 is 2.67 bits per heavy atom. The summed E-state index contributed by atoms with van der Waals surface area (Å²) in [5.41, 5.74) is 1.26. The fourth-order valence-electron chi connectivity index (χ4n) is 3.45. The summed E-state index contributed by atoms with van der Waals surface area (Å²) in [7, 11) is -3.85. The Labute approximate surface area is 173 Å². The minimum atomic E-state index is -3.85. The largest absolute Gasteiger partial charge is 0.452 e. The molecule has 0 saturated carbocycles. The third kappa shape index (κ3) is 4.82. The van der Waals surface area contributed by atoms with Crippen LogP contribution in [0.3, 0.4) is 0 Å². The number of ether oxygens (including phenoxy) is 1. The number of nitro benzene ring substituents is 1. The van der Waals surface area contributed by atoms with Gasteiger partial charge in [0.25, 0.3) is 11.6 Å². The molecule has 158 valence electrons. The van der Waals surface area contributed by atoms with E-state index in [0.29, 0.717) is 0 Å². The first-order chi connectivity index (χ1) is 14.2. The lowest BCUT2D eigenvalue weighted by Gasteiger charge is -2.26. The Hall–Kier alpha value is -3.27. The van der Waals surface area contributed by atoms with Gasteiger partial charge in [-0.25, -0.2) is 13.2 Å². The summed E-state index contributed by atoms with van der Waals surface area (Å²) in [6.45, 7) is -0.556. The number of nitrogens with one attached hydrogen (secondary N) is 1. The van der Waals surface area contributed by atoms with Gasteiger partial charge < -0.3 is 10.1 Å². The summed E-state index contributed by atoms with van der Waals surface area (Å²) in [6, 6.07) is 10.6. The highest BCUT2D eigenvalue weighted by Gasteiger charge is 2.25. The van der Waals surface area contributed by atoms with Crippen LogP contribution in [0.25, 0.3) is 0 Å². The van der Waals surface area contributed by atoms with Crippen LogP contribution in [-0.4, -0.2) is 38.1 Å². The first-order valence-corrected chi connectivity index (χ1v) is 11.1. The number of sulfone groups is 1. The molecule has 1 unspecified atom stereocenters. The predicted molar refractivity (Wildman–Crippen MR) is 107 cm³/mol. The highest BCUT2D eigenvalue weighted by atomic mass is 32.2. The first-order valence-electron chi connectivity index (χ1n) is 9.19. The average molecular weight is 432 g/mol. The smallest absolute Gasteiger partial charge is 0.338 e. The second-order valence-corrected chi connectivity index (χ2v) is 8.98. The highest BCUT2D eigenvalue weighted by Crippen LogP contribution is 2.29. The molecule has 0 aromatic heterocycles. The quantitative estimate of drug-likeness (QED) is 0.421. The lowest BCUT2D eigenvalue weighted by molar-refractivity contribution is -0.387. The highest BCUT2D eigenvalue weighted by molar-refractivity contribution is 7.90. The number of rotatable bonds is 6. The molecule has 9 nitrogen and oxygen atoms in total. The van der Waals surface area contributed by atoms with Crippen molar-refractivity contribution in [3.63, 3.8) is 0 Å². The van der Waals surface area contributed by atoms with Gasteiger partial charge in [0.2, 0.25) is 0 Å². The van der Waals surface area contributed by atoms with Gasteiger partial charge in [-0.1, -0.05) is 24.3 Å². The maximum atomic E-state index is 12.2. The van der Waals surface area contributed by atoms with Crippen molar-refractivity contribution in [2.45, 2.75) is 30.2 Å². The molecule has 3 rings (SSSR count). The zero-order valence-corrected chi connectivity index (χ0v) is 17.0. The van der Waals surface area contributed by atoms with Crippen LogP contribution in [0.15, 0.2) is 47.4 Å². The maximum absolute atomic E-state index is 12.2. The average Bonchev–Trinajstić information content (AvgIpc) is 2.71. The number of fused-ring (bicyclic) bond motifs is 1. The molecule has 1 amide bonds. The van der Waals surface area contributed by atoms with E-state index in [2.05, 4.69) is 5.32 Å². The van der Waals surface area contributed by atoms with Crippen molar-refractivity contribution in [1.29, 1.82) is 0 Å². The lowest BCUT2D eigenvalue weighted by Crippen LogP contribution is -2.34. The Bertz CT molecular complexity index is 1110. The summed E-state index contributed by atoms with van der Waals surface area (Å²) in [5, 5.41) is 14.0. The number of hydrogen-bond donors (Lipinski definition) is 1. The Morgan fingerprint density at radius 1 is 1.23 bits per heavy atom. The van der Waals surface area contributed by atoms with Crippen LogP contribution in [0, 0.1) is 10.1 Å². The number of carbonyl (C=O) groups is 2. The molecule has 2 aromatic rings. The van der Waals surface area contributed by atoms with Crippen LogP contribution < -0.4 is 5.32 Å². The molecule has 1 N–H and O–H groups in total. The topological polar surface area (TPSA) is 133 Å². The summed E-state index contributed by atoms with van der Waals surface area (Å²) in [5.74, 6) is -1.45. The molecule has 0 aliphatic heterocycles. The normalized spacial score (nSPS) is 15.7. The Balaban J connectivity index is 1.65. The monoisotopic (exact) mass is 432 g/mol. The second-order valence-electron chi connectivity index (χ2n) is 7.00. The summed E-state index contributed by atoms with van der Waals surface area (Å²) < 4.78 is 28.3. The molecule has 2 aromatic carbocycles. The lowest BCUT2D eigenvalue weighted by atomic mass is 9.88. The van der Waals surface area contributed by atoms with E-state index in [1.807, 2.05) is 24.3 Å². The standard InChI is InChI=1S/C20H20N2O7S/c1-30(27,28)18-10-9-14(11-17(18)22(25)26)20(24)29-12-19(23)21-16-8-4-6-13-5-2-3-7-15(13)16/h2-3,5,7,9-11,16H,4,6,8,12H2,1H3,(H,21,23). The van der Waals surface area contributed by atoms with Crippen molar-refractivity contribution in [3.05, 3.63) is 69.3 Å². The molecular weight excluding hydrogens is 412 g/mol. The number of aryl methyl sites for hydroxylation is 1. The number of esters is 1. The van der Waals surface area contributed by atoms with E-state index in [9.17, 15) is 28.1 Å². The fraction of sp³-hybridized carbons (Fsp3) is 0.300. The van der Waals surface area contributed by atoms with E-state index in [1.54, 1.807) is 0 Å². The molecule has 0 fully saturated rings. The second kappa shape index (κ2) is 8.62. The third-order valence-corrected chi connectivity index (χ3v) is 5.97. The van der Waals surface area contributed by atoms with Crippen molar-refractivity contribution in [1.82, 2.24) is 5.32 Å². The molecule has 30 heavy (non-hydrogen) atoms. The van der Waals surface area contributed by atoms with Crippen molar-refractivity contribution in [3.8, 4) is 0 Å². The zero-order chi connectivity index (χ0) is 21.9. The van der Waals surface area contributed by atoms with Crippen LogP contribution in [-0.2, 0) is 25.8 Å². The van der Waals surface area contributed by atoms with Gasteiger partial charge in [0.15, 0.2) is 16.4 Å². The summed E-state index contributed by atoms with van der Waals surface area (Å²) in [4.78, 5) is 34.2. The summed E-state index contributed by atoms with van der Waals surface area (Å²) in [6.07, 6.45) is 3.48. The van der Waals surface area contributed by atoms with E-state index < -0.39 is 43.8 Å². The van der Waals surface area contributed by atoms with Crippen molar-refractivity contribution in [2.75, 3.05) is 12.9 Å². The number of nitro groups is 1. The minimum absolute atomic E-state index is 0.170. The summed E-state index contributed by atoms with van der Waals surface area (Å²) >= 11 is 0. The van der Waals surface area contributed by atoms with Gasteiger partial charge in [-0.05, 0) is 42.5 Å². The molecule has 0 saturated heterocycles. The molecule has 0 heterocycles. The maximum Gasteiger partial charge on any atom is 0.338 e. The fourth-order valence-corrected chi connectivity index (χ4v) is 4.28. The molecular formula is C20H20N2O7S. The van der Waals surface area contributed by atoms with Crippen molar-refractivity contribution < 1.29 is 27.7 Å². The third-order valence-electron chi connectivity index (χ3n) is 4.83. The van der Waals surface area contributed by atoms with E-state index in [-0.39, 0.29) is 11.6 Å². The van der Waals surface area contributed by atoms with Crippen LogP contribution in [0.4, 0.5) is 5.69 Å². The number of nitrogens with zero attached hydrogens (tertiary/aromatic N) is 1. The van der Waals surface area contributed by atoms with Gasteiger partial charge in [0.05, 0.1) is 16.5 Å². The molecule has 10 heteroatoms. The molecule has 1 atom stereocenters. The number of amides is 1. The Morgan fingerprint density at radius 2 is 1.97 bits per heavy atom. The van der Waals surface area contributed by atoms with Crippen LogP contribution >= 0.6 is 0 Å². The SMILES string of the molecule is CS(=O)(=O)c1ccc(C(=O)OCC(=O)NC2CCCc3ccccc32)cc1[N+](=O)[O-]. The van der Waals surface area contributed by atoms with Gasteiger partial charge in [-0.3, -0.25) is 14.9 Å². The predicted octanol–water partition coefficient (Wildman–Crippen LogP) is 2.35. The molecule has 0 spiro atoms. The van der Waals surface area contributed by atoms with E-state index in [1.165, 1.54) is 5.56 Å². The van der Waals surface area contributed by atoms with Gasteiger partial charge >= 0.3 is 5.97 Å². The molecule has 0 radical (unpaired) electrons. The molecule has 0 bridgehead atoms. The van der Waals surface area contributed by atoms with Crippen molar-refractivity contribution >= 4 is 27.4 Å². The minimum Gasteiger partial charge on any atom is -0.452 e.